The quantitative estimate of drug-likeness (QED) is 0.177. The standard InChI is InChI=1S/C31H36ClNO9S/c1-19(33-27(30(37)42-31(2,3)4)28(34)21-8-6-9-22(32)17-21)16-20-12-14-23(15-13-20)43(38,39)25-11-7-10-24(41-18-40-5)26(25)29(35)36/h6-15,17,19,27-28,33-34H,16,18H2,1-5H3,(H,35,36)/t19-,27?,28-/m1/s1. The average Bonchev–Trinajstić information content (AvgIpc) is 2.93. The van der Waals surface area contributed by atoms with Crippen molar-refractivity contribution in [2.75, 3.05) is 13.9 Å². The van der Waals surface area contributed by atoms with Crippen LogP contribution in [0.2, 0.25) is 5.02 Å². The predicted octanol–water partition coefficient (Wildman–Crippen LogP) is 4.82. The van der Waals surface area contributed by atoms with Crippen molar-refractivity contribution < 1.29 is 42.4 Å². The number of sulfone groups is 1. The molecule has 3 N–H and O–H groups in total. The lowest BCUT2D eigenvalue weighted by Gasteiger charge is -2.30. The summed E-state index contributed by atoms with van der Waals surface area (Å²) in [7, 11) is -2.86. The van der Waals surface area contributed by atoms with E-state index in [9.17, 15) is 28.2 Å². The van der Waals surface area contributed by atoms with Crippen LogP contribution in [-0.4, -0.2) is 62.2 Å². The number of carboxylic acids is 1. The summed E-state index contributed by atoms with van der Waals surface area (Å²) in [4.78, 5) is 24.6. The van der Waals surface area contributed by atoms with Crippen molar-refractivity contribution in [2.24, 2.45) is 0 Å². The van der Waals surface area contributed by atoms with Crippen LogP contribution in [0.4, 0.5) is 0 Å². The van der Waals surface area contributed by atoms with Crippen LogP contribution in [-0.2, 0) is 30.5 Å². The zero-order valence-corrected chi connectivity index (χ0v) is 26.1. The van der Waals surface area contributed by atoms with Gasteiger partial charge in [0.15, 0.2) is 6.79 Å². The molecule has 3 rings (SSSR count). The second-order valence-electron chi connectivity index (χ2n) is 10.9. The molecule has 0 saturated carbocycles. The van der Waals surface area contributed by atoms with Gasteiger partial charge in [-0.25, -0.2) is 13.2 Å². The Morgan fingerprint density at radius 1 is 1.02 bits per heavy atom. The molecule has 0 spiro atoms. The summed E-state index contributed by atoms with van der Waals surface area (Å²) in [6, 6.07) is 15.0. The number of aliphatic hydroxyl groups is 1. The first-order valence-electron chi connectivity index (χ1n) is 13.4. The topological polar surface area (TPSA) is 148 Å². The fourth-order valence-electron chi connectivity index (χ4n) is 4.38. The van der Waals surface area contributed by atoms with Gasteiger partial charge in [0.25, 0.3) is 0 Å². The van der Waals surface area contributed by atoms with Crippen LogP contribution < -0.4 is 10.1 Å². The number of hydrogen-bond acceptors (Lipinski definition) is 9. The van der Waals surface area contributed by atoms with Gasteiger partial charge < -0.3 is 24.4 Å². The van der Waals surface area contributed by atoms with E-state index in [0.29, 0.717) is 17.0 Å². The third-order valence-corrected chi connectivity index (χ3v) is 8.28. The molecule has 0 heterocycles. The molecule has 3 aromatic rings. The Bertz CT molecular complexity index is 1540. The number of methoxy groups -OCH3 is 1. The van der Waals surface area contributed by atoms with E-state index in [-0.39, 0.29) is 23.5 Å². The Hall–Kier alpha value is -3.48. The summed E-state index contributed by atoms with van der Waals surface area (Å²) in [6.45, 7) is 6.76. The van der Waals surface area contributed by atoms with Gasteiger partial charge in [-0.05, 0) is 81.6 Å². The monoisotopic (exact) mass is 633 g/mol. The molecule has 3 atom stereocenters. The molecule has 1 unspecified atom stereocenters. The zero-order chi connectivity index (χ0) is 31.9. The average molecular weight is 634 g/mol. The van der Waals surface area contributed by atoms with Crippen LogP contribution in [0.1, 0.15) is 55.3 Å². The molecule has 0 aromatic heterocycles. The van der Waals surface area contributed by atoms with Gasteiger partial charge >= 0.3 is 11.9 Å². The minimum Gasteiger partial charge on any atom is -0.478 e. The molecular formula is C31H36ClNO9S. The molecule has 12 heteroatoms. The van der Waals surface area contributed by atoms with Crippen molar-refractivity contribution in [3.8, 4) is 5.75 Å². The number of esters is 1. The van der Waals surface area contributed by atoms with E-state index >= 15 is 0 Å². The molecule has 3 aromatic carbocycles. The Labute approximate surface area is 256 Å². The number of hydrogen-bond donors (Lipinski definition) is 3. The molecule has 0 amide bonds. The molecule has 0 radical (unpaired) electrons. The van der Waals surface area contributed by atoms with Crippen LogP contribution in [0, 0.1) is 0 Å². The molecule has 10 nitrogen and oxygen atoms in total. The number of carboxylic acid groups (broad SMARTS) is 1. The molecule has 43 heavy (non-hydrogen) atoms. The van der Waals surface area contributed by atoms with Crippen LogP contribution in [0.3, 0.4) is 0 Å². The fourth-order valence-corrected chi connectivity index (χ4v) is 6.04. The van der Waals surface area contributed by atoms with Crippen LogP contribution in [0.25, 0.3) is 0 Å². The van der Waals surface area contributed by atoms with E-state index < -0.39 is 50.0 Å². The van der Waals surface area contributed by atoms with Crippen molar-refractivity contribution in [3.63, 3.8) is 0 Å². The first-order valence-corrected chi connectivity index (χ1v) is 15.2. The number of aromatic carboxylic acids is 1. The highest BCUT2D eigenvalue weighted by Crippen LogP contribution is 2.31. The van der Waals surface area contributed by atoms with Crippen molar-refractivity contribution >= 4 is 33.4 Å². The van der Waals surface area contributed by atoms with Gasteiger partial charge in [-0.2, -0.15) is 0 Å². The SMILES string of the molecule is COCOc1cccc(S(=O)(=O)c2ccc(C[C@@H](C)NC(C(=O)OC(C)(C)C)[C@H](O)c3cccc(Cl)c3)cc2)c1C(=O)O. The number of nitrogens with one attached hydrogen (secondary N) is 1. The van der Waals surface area contributed by atoms with E-state index in [2.05, 4.69) is 5.32 Å². The summed E-state index contributed by atoms with van der Waals surface area (Å²) >= 11 is 6.10. The Morgan fingerprint density at radius 3 is 2.26 bits per heavy atom. The minimum absolute atomic E-state index is 0.105. The van der Waals surface area contributed by atoms with Gasteiger partial charge in [-0.1, -0.05) is 41.9 Å². The highest BCUT2D eigenvalue weighted by molar-refractivity contribution is 7.91. The second kappa shape index (κ2) is 14.3. The molecule has 0 aliphatic rings. The summed E-state index contributed by atoms with van der Waals surface area (Å²) < 4.78 is 42.5. The Kier molecular flexibility index (Phi) is 11.3. The lowest BCUT2D eigenvalue weighted by Crippen LogP contribution is -2.49. The largest absolute Gasteiger partial charge is 0.478 e. The third kappa shape index (κ3) is 9.01. The highest BCUT2D eigenvalue weighted by atomic mass is 35.5. The van der Waals surface area contributed by atoms with E-state index in [1.807, 2.05) is 6.92 Å². The minimum atomic E-state index is -4.22. The van der Waals surface area contributed by atoms with Crippen LogP contribution >= 0.6 is 11.6 Å². The Morgan fingerprint density at radius 2 is 1.67 bits per heavy atom. The maximum absolute atomic E-state index is 13.4. The van der Waals surface area contributed by atoms with Gasteiger partial charge in [0.2, 0.25) is 9.84 Å². The van der Waals surface area contributed by atoms with Gasteiger partial charge in [0.1, 0.15) is 29.1 Å². The third-order valence-electron chi connectivity index (χ3n) is 6.23. The summed E-state index contributed by atoms with van der Waals surface area (Å²) in [5.41, 5.74) is -0.108. The smallest absolute Gasteiger partial charge is 0.340 e. The van der Waals surface area contributed by atoms with E-state index in [4.69, 9.17) is 25.8 Å². The van der Waals surface area contributed by atoms with Crippen molar-refractivity contribution in [2.45, 2.75) is 67.7 Å². The number of carbonyl (C=O) groups is 2. The predicted molar refractivity (Wildman–Crippen MR) is 160 cm³/mol. The number of benzene rings is 3. The molecular weight excluding hydrogens is 598 g/mol. The fraction of sp³-hybridized carbons (Fsp3) is 0.355. The zero-order valence-electron chi connectivity index (χ0n) is 24.5. The molecule has 0 aliphatic carbocycles. The van der Waals surface area contributed by atoms with E-state index in [1.165, 1.54) is 37.4 Å². The van der Waals surface area contributed by atoms with Gasteiger partial charge in [-0.3, -0.25) is 10.1 Å². The van der Waals surface area contributed by atoms with Gasteiger partial charge in [0.05, 0.1) is 9.79 Å². The number of halogens is 1. The number of aliphatic hydroxyl groups excluding tert-OH is 1. The van der Waals surface area contributed by atoms with Crippen LogP contribution in [0.15, 0.2) is 76.5 Å². The maximum Gasteiger partial charge on any atom is 0.340 e. The molecule has 0 saturated heterocycles. The Balaban J connectivity index is 1.83. The van der Waals surface area contributed by atoms with Crippen molar-refractivity contribution in [1.29, 1.82) is 0 Å². The lowest BCUT2D eigenvalue weighted by atomic mass is 9.99. The van der Waals surface area contributed by atoms with Crippen molar-refractivity contribution in [1.82, 2.24) is 5.32 Å². The van der Waals surface area contributed by atoms with Crippen molar-refractivity contribution in [3.05, 3.63) is 88.4 Å². The van der Waals surface area contributed by atoms with Crippen LogP contribution in [0.5, 0.6) is 5.75 Å². The molecule has 0 bridgehead atoms. The van der Waals surface area contributed by atoms with E-state index in [0.717, 1.165) is 5.56 Å². The van der Waals surface area contributed by atoms with Gasteiger partial charge in [-0.15, -0.1) is 0 Å². The maximum atomic E-state index is 13.4. The number of carbonyl (C=O) groups excluding carboxylic acids is 1. The first kappa shape index (κ1) is 34.0. The molecule has 0 aliphatic heterocycles. The summed E-state index contributed by atoms with van der Waals surface area (Å²) in [6.07, 6.45) is -0.890. The van der Waals surface area contributed by atoms with Gasteiger partial charge in [0, 0.05) is 18.2 Å². The number of rotatable bonds is 13. The summed E-state index contributed by atoms with van der Waals surface area (Å²) in [5.74, 6) is -2.23. The highest BCUT2D eigenvalue weighted by Gasteiger charge is 2.33. The van der Waals surface area contributed by atoms with E-state index in [1.54, 1.807) is 57.2 Å². The molecule has 232 valence electrons. The molecule has 0 fully saturated rings. The summed E-state index contributed by atoms with van der Waals surface area (Å²) in [5, 5.41) is 24.4. The first-order chi connectivity index (χ1) is 20.1. The number of ether oxygens (including phenoxy) is 3. The second-order valence-corrected chi connectivity index (χ2v) is 13.3. The normalized spacial score (nSPS) is 14.0. The lowest BCUT2D eigenvalue weighted by molar-refractivity contribution is -0.161.